The Morgan fingerprint density at radius 2 is 1.90 bits per heavy atom. The molecule has 0 aromatic heterocycles. The second-order valence-corrected chi connectivity index (χ2v) is 4.07. The smallest absolute Gasteiger partial charge is 0.406 e. The van der Waals surface area contributed by atoms with Gasteiger partial charge in [0.15, 0.2) is 0 Å². The molecule has 0 aliphatic rings. The molecule has 4 nitrogen and oxygen atoms in total. The van der Waals surface area contributed by atoms with Crippen LogP contribution in [0.2, 0.25) is 0 Å². The fourth-order valence-corrected chi connectivity index (χ4v) is 1.53. The van der Waals surface area contributed by atoms with Crippen molar-refractivity contribution in [1.82, 2.24) is 10.6 Å². The van der Waals surface area contributed by atoms with E-state index in [1.807, 2.05) is 6.92 Å². The highest BCUT2D eigenvalue weighted by atomic mass is 19.4. The number of hydrogen-bond donors (Lipinski definition) is 2. The van der Waals surface area contributed by atoms with E-state index in [9.17, 15) is 18.0 Å². The molecule has 1 aromatic carbocycles. The number of alkyl halides is 3. The predicted octanol–water partition coefficient (Wildman–Crippen LogP) is 2.20. The number of rotatable bonds is 7. The summed E-state index contributed by atoms with van der Waals surface area (Å²) in [6, 6.07) is 5.60. The van der Waals surface area contributed by atoms with Crippen LogP contribution in [0.15, 0.2) is 24.3 Å². The molecule has 2 N–H and O–H groups in total. The first-order chi connectivity index (χ1) is 9.40. The van der Waals surface area contributed by atoms with E-state index in [2.05, 4.69) is 15.4 Å². The molecular weight excluding hydrogens is 273 g/mol. The molecule has 0 atom stereocenters. The summed E-state index contributed by atoms with van der Waals surface area (Å²) < 4.78 is 39.6. The fraction of sp³-hybridized carbons (Fsp3) is 0.462. The van der Waals surface area contributed by atoms with Gasteiger partial charge in [0.25, 0.3) is 0 Å². The Labute approximate surface area is 115 Å². The van der Waals surface area contributed by atoms with Crippen LogP contribution < -0.4 is 15.4 Å². The Morgan fingerprint density at radius 3 is 2.45 bits per heavy atom. The molecule has 1 aromatic rings. The van der Waals surface area contributed by atoms with E-state index in [1.54, 1.807) is 12.1 Å². The lowest BCUT2D eigenvalue weighted by Gasteiger charge is -2.09. The lowest BCUT2D eigenvalue weighted by atomic mass is 10.2. The van der Waals surface area contributed by atoms with E-state index in [1.165, 1.54) is 12.1 Å². The number of carbonyl (C=O) groups is 1. The Morgan fingerprint density at radius 1 is 1.25 bits per heavy atom. The van der Waals surface area contributed by atoms with Gasteiger partial charge in [-0.3, -0.25) is 4.79 Å². The molecular formula is C13H17F3N2O2. The first kappa shape index (κ1) is 16.3. The predicted molar refractivity (Wildman–Crippen MR) is 68.1 cm³/mol. The van der Waals surface area contributed by atoms with Crippen molar-refractivity contribution in [3.63, 3.8) is 0 Å². The van der Waals surface area contributed by atoms with Gasteiger partial charge in [0.1, 0.15) is 5.75 Å². The maximum atomic E-state index is 12.0. The highest BCUT2D eigenvalue weighted by Gasteiger charge is 2.30. The summed E-state index contributed by atoms with van der Waals surface area (Å²) in [5.41, 5.74) is 0.815. The number of carbonyl (C=O) groups excluding carboxylic acids is 1. The molecule has 1 amide bonds. The Bertz CT molecular complexity index is 419. The van der Waals surface area contributed by atoms with Gasteiger partial charge in [0.05, 0.1) is 0 Å². The van der Waals surface area contributed by atoms with Gasteiger partial charge < -0.3 is 15.4 Å². The van der Waals surface area contributed by atoms with Crippen molar-refractivity contribution >= 4 is 5.91 Å². The SMILES string of the molecule is CCNC(=O)CCNCc1ccc(OC(F)(F)F)cc1. The van der Waals surface area contributed by atoms with E-state index < -0.39 is 6.36 Å². The average molecular weight is 290 g/mol. The van der Waals surface area contributed by atoms with Gasteiger partial charge in [-0.2, -0.15) is 0 Å². The summed E-state index contributed by atoms with van der Waals surface area (Å²) >= 11 is 0. The van der Waals surface area contributed by atoms with Crippen molar-refractivity contribution in [3.8, 4) is 5.75 Å². The number of hydrogen-bond acceptors (Lipinski definition) is 3. The van der Waals surface area contributed by atoms with Crippen LogP contribution in [0.1, 0.15) is 18.9 Å². The van der Waals surface area contributed by atoms with Gasteiger partial charge >= 0.3 is 6.36 Å². The van der Waals surface area contributed by atoms with Gasteiger partial charge in [0, 0.05) is 26.1 Å². The van der Waals surface area contributed by atoms with Crippen molar-refractivity contribution in [1.29, 1.82) is 0 Å². The molecule has 0 aliphatic carbocycles. The first-order valence-electron chi connectivity index (χ1n) is 6.23. The van der Waals surface area contributed by atoms with Crippen LogP contribution in [-0.2, 0) is 11.3 Å². The van der Waals surface area contributed by atoms with Gasteiger partial charge in [0.2, 0.25) is 5.91 Å². The van der Waals surface area contributed by atoms with Crippen LogP contribution in [-0.4, -0.2) is 25.4 Å². The standard InChI is InChI=1S/C13H17F3N2O2/c1-2-18-12(19)7-8-17-9-10-3-5-11(6-4-10)20-13(14,15)16/h3-6,17H,2,7-9H2,1H3,(H,18,19). The Hall–Kier alpha value is -1.76. The fourth-order valence-electron chi connectivity index (χ4n) is 1.53. The largest absolute Gasteiger partial charge is 0.573 e. The molecule has 0 aliphatic heterocycles. The average Bonchev–Trinajstić information content (AvgIpc) is 2.35. The minimum absolute atomic E-state index is 0.0334. The van der Waals surface area contributed by atoms with E-state index in [0.717, 1.165) is 5.56 Å². The lowest BCUT2D eigenvalue weighted by Crippen LogP contribution is -2.27. The highest BCUT2D eigenvalue weighted by Crippen LogP contribution is 2.22. The van der Waals surface area contributed by atoms with Crippen LogP contribution in [0.5, 0.6) is 5.75 Å². The summed E-state index contributed by atoms with van der Waals surface area (Å²) in [6.45, 7) is 3.42. The molecule has 7 heteroatoms. The molecule has 0 saturated heterocycles. The third-order valence-electron chi connectivity index (χ3n) is 2.39. The highest BCUT2D eigenvalue weighted by molar-refractivity contribution is 5.75. The molecule has 0 bridgehead atoms. The maximum absolute atomic E-state index is 12.0. The number of nitrogens with one attached hydrogen (secondary N) is 2. The van der Waals surface area contributed by atoms with E-state index in [4.69, 9.17) is 0 Å². The van der Waals surface area contributed by atoms with Gasteiger partial charge in [-0.15, -0.1) is 13.2 Å². The molecule has 1 rings (SSSR count). The number of amides is 1. The van der Waals surface area contributed by atoms with Gasteiger partial charge in [-0.1, -0.05) is 12.1 Å². The van der Waals surface area contributed by atoms with Crippen LogP contribution in [0.25, 0.3) is 0 Å². The quantitative estimate of drug-likeness (QED) is 0.757. The number of benzene rings is 1. The van der Waals surface area contributed by atoms with E-state index >= 15 is 0 Å². The molecule has 0 unspecified atom stereocenters. The van der Waals surface area contributed by atoms with E-state index in [-0.39, 0.29) is 11.7 Å². The van der Waals surface area contributed by atoms with Crippen molar-refractivity contribution in [2.24, 2.45) is 0 Å². The lowest BCUT2D eigenvalue weighted by molar-refractivity contribution is -0.274. The van der Waals surface area contributed by atoms with Crippen molar-refractivity contribution in [3.05, 3.63) is 29.8 Å². The molecule has 0 saturated carbocycles. The number of ether oxygens (including phenoxy) is 1. The Kier molecular flexibility index (Phi) is 6.30. The van der Waals surface area contributed by atoms with Crippen LogP contribution in [0.4, 0.5) is 13.2 Å². The van der Waals surface area contributed by atoms with Gasteiger partial charge in [-0.25, -0.2) is 0 Å². The van der Waals surface area contributed by atoms with Crippen molar-refractivity contribution in [2.45, 2.75) is 26.3 Å². The van der Waals surface area contributed by atoms with E-state index in [0.29, 0.717) is 26.1 Å². The second-order valence-electron chi connectivity index (χ2n) is 4.07. The van der Waals surface area contributed by atoms with Crippen molar-refractivity contribution in [2.75, 3.05) is 13.1 Å². The molecule has 0 fully saturated rings. The summed E-state index contributed by atoms with van der Waals surface area (Å²) in [5.74, 6) is -0.280. The monoisotopic (exact) mass is 290 g/mol. The zero-order valence-corrected chi connectivity index (χ0v) is 11.1. The van der Waals surface area contributed by atoms with Crippen molar-refractivity contribution < 1.29 is 22.7 Å². The second kappa shape index (κ2) is 7.74. The molecule has 112 valence electrons. The molecule has 20 heavy (non-hydrogen) atoms. The van der Waals surface area contributed by atoms with Crippen LogP contribution in [0.3, 0.4) is 0 Å². The first-order valence-corrected chi connectivity index (χ1v) is 6.23. The third-order valence-corrected chi connectivity index (χ3v) is 2.39. The Balaban J connectivity index is 2.30. The molecule has 0 heterocycles. The minimum atomic E-state index is -4.67. The zero-order chi connectivity index (χ0) is 15.0. The molecule has 0 spiro atoms. The number of halogens is 3. The zero-order valence-electron chi connectivity index (χ0n) is 11.1. The topological polar surface area (TPSA) is 50.4 Å². The third kappa shape index (κ3) is 6.98. The summed E-state index contributed by atoms with van der Waals surface area (Å²) in [6.07, 6.45) is -4.31. The summed E-state index contributed by atoms with van der Waals surface area (Å²) in [4.78, 5) is 11.2. The molecule has 0 radical (unpaired) electrons. The maximum Gasteiger partial charge on any atom is 0.573 e. The van der Waals surface area contributed by atoms with Crippen LogP contribution >= 0.6 is 0 Å². The summed E-state index contributed by atoms with van der Waals surface area (Å²) in [5, 5.41) is 5.71. The van der Waals surface area contributed by atoms with Gasteiger partial charge in [-0.05, 0) is 24.6 Å². The normalized spacial score (nSPS) is 11.2. The minimum Gasteiger partial charge on any atom is -0.406 e. The van der Waals surface area contributed by atoms with Crippen LogP contribution in [0, 0.1) is 0 Å². The summed E-state index contributed by atoms with van der Waals surface area (Å²) in [7, 11) is 0.